The lowest BCUT2D eigenvalue weighted by molar-refractivity contribution is -0.123. The first-order chi connectivity index (χ1) is 13.3. The molecule has 6 nitrogen and oxygen atoms in total. The molecule has 1 atom stereocenters. The molecule has 1 aromatic carbocycles. The number of halogens is 2. The largest absolute Gasteiger partial charge is 0.454 e. The number of nitrogens with one attached hydrogen (secondary N) is 1. The lowest BCUT2D eigenvalue weighted by Gasteiger charge is -2.48. The van der Waals surface area contributed by atoms with Crippen molar-refractivity contribution in [3.8, 4) is 11.5 Å². The summed E-state index contributed by atoms with van der Waals surface area (Å²) in [6, 6.07) is 7.03. The molecule has 0 saturated carbocycles. The fraction of sp³-hybridized carbons (Fsp3) is 0.714. The third kappa shape index (κ3) is 5.12. The highest BCUT2D eigenvalue weighted by molar-refractivity contribution is 5.85. The minimum atomic E-state index is 0. The zero-order valence-electron chi connectivity index (χ0n) is 16.9. The van der Waals surface area contributed by atoms with Crippen molar-refractivity contribution in [1.82, 2.24) is 15.1 Å². The van der Waals surface area contributed by atoms with Crippen molar-refractivity contribution >= 4 is 24.8 Å². The average Bonchev–Trinajstić information content (AvgIpc) is 3.17. The minimum absolute atomic E-state index is 0. The van der Waals surface area contributed by atoms with Gasteiger partial charge in [-0.2, -0.15) is 0 Å². The van der Waals surface area contributed by atoms with Gasteiger partial charge >= 0.3 is 0 Å². The van der Waals surface area contributed by atoms with E-state index in [1.165, 1.54) is 44.3 Å². The predicted octanol–water partition coefficient (Wildman–Crippen LogP) is 2.68. The van der Waals surface area contributed by atoms with Gasteiger partial charge in [0.1, 0.15) is 0 Å². The van der Waals surface area contributed by atoms with Gasteiger partial charge in [-0.1, -0.05) is 6.07 Å². The molecule has 3 saturated heterocycles. The molecular formula is C21H33Cl2N3O3. The molecular weight excluding hydrogens is 413 g/mol. The van der Waals surface area contributed by atoms with Crippen molar-refractivity contribution in [1.29, 1.82) is 0 Å². The van der Waals surface area contributed by atoms with E-state index >= 15 is 0 Å². The van der Waals surface area contributed by atoms with Crippen LogP contribution in [0.2, 0.25) is 0 Å². The van der Waals surface area contributed by atoms with Gasteiger partial charge in [0.15, 0.2) is 11.5 Å². The first-order valence-electron chi connectivity index (χ1n) is 10.5. The van der Waals surface area contributed by atoms with Gasteiger partial charge in [-0.25, -0.2) is 0 Å². The van der Waals surface area contributed by atoms with Gasteiger partial charge in [-0.15, -0.1) is 24.8 Å². The Morgan fingerprint density at radius 2 is 1.76 bits per heavy atom. The molecule has 0 aromatic heterocycles. The van der Waals surface area contributed by atoms with E-state index in [4.69, 9.17) is 14.2 Å². The molecule has 29 heavy (non-hydrogen) atoms. The van der Waals surface area contributed by atoms with Gasteiger partial charge in [-0.3, -0.25) is 9.80 Å². The zero-order valence-corrected chi connectivity index (χ0v) is 18.6. The molecule has 0 amide bonds. The highest BCUT2D eigenvalue weighted by atomic mass is 35.5. The Balaban J connectivity index is 0.00000120. The van der Waals surface area contributed by atoms with E-state index in [2.05, 4.69) is 27.2 Å². The number of benzene rings is 1. The second-order valence-corrected chi connectivity index (χ2v) is 8.43. The van der Waals surface area contributed by atoms with Crippen molar-refractivity contribution in [2.45, 2.75) is 43.9 Å². The Morgan fingerprint density at radius 1 is 1.00 bits per heavy atom. The van der Waals surface area contributed by atoms with Crippen LogP contribution in [0.15, 0.2) is 18.2 Å². The SMILES string of the molecule is Cl.Cl.c1cc2c(cc1CN1CCN(C3CCOC4(CCNCC4)C3)CC1)OCO2. The molecule has 8 heteroatoms. The first-order valence-corrected chi connectivity index (χ1v) is 10.5. The van der Waals surface area contributed by atoms with Gasteiger partial charge in [-0.05, 0) is 56.5 Å². The zero-order chi connectivity index (χ0) is 18.1. The van der Waals surface area contributed by atoms with Gasteiger partial charge in [0, 0.05) is 45.4 Å². The van der Waals surface area contributed by atoms with E-state index in [9.17, 15) is 0 Å². The summed E-state index contributed by atoms with van der Waals surface area (Å²) in [6.45, 7) is 9.11. The summed E-state index contributed by atoms with van der Waals surface area (Å²) in [5.74, 6) is 1.76. The highest BCUT2D eigenvalue weighted by Gasteiger charge is 2.40. The quantitative estimate of drug-likeness (QED) is 0.771. The second-order valence-electron chi connectivity index (χ2n) is 8.43. The van der Waals surface area contributed by atoms with Crippen molar-refractivity contribution in [3.05, 3.63) is 23.8 Å². The van der Waals surface area contributed by atoms with Gasteiger partial charge in [0.05, 0.1) is 5.60 Å². The molecule has 1 aromatic rings. The van der Waals surface area contributed by atoms with Crippen molar-refractivity contribution in [3.63, 3.8) is 0 Å². The van der Waals surface area contributed by atoms with Gasteiger partial charge in [0.2, 0.25) is 6.79 Å². The standard InChI is InChI=1S/C21H31N3O3.2ClH/c1-2-19-20(26-16-25-19)13-17(1)15-23-8-10-24(11-9-23)18-3-12-27-21(14-18)4-6-22-7-5-21;;/h1-2,13,18,22H,3-12,14-16H2;2*1H. The van der Waals surface area contributed by atoms with E-state index in [0.717, 1.165) is 50.8 Å². The molecule has 4 aliphatic heterocycles. The van der Waals surface area contributed by atoms with E-state index < -0.39 is 0 Å². The molecule has 1 spiro atoms. The van der Waals surface area contributed by atoms with Crippen LogP contribution in [0.1, 0.15) is 31.2 Å². The maximum Gasteiger partial charge on any atom is 0.231 e. The number of nitrogens with zero attached hydrogens (tertiary/aromatic N) is 2. The van der Waals surface area contributed by atoms with E-state index in [1.807, 2.05) is 6.07 Å². The third-order valence-electron chi connectivity index (χ3n) is 6.75. The molecule has 1 unspecified atom stereocenters. The number of rotatable bonds is 3. The second kappa shape index (κ2) is 10.0. The molecule has 164 valence electrons. The van der Waals surface area contributed by atoms with Gasteiger partial charge < -0.3 is 19.5 Å². The van der Waals surface area contributed by atoms with Crippen LogP contribution in [0.5, 0.6) is 11.5 Å². The maximum atomic E-state index is 6.27. The highest BCUT2D eigenvalue weighted by Crippen LogP contribution is 2.36. The van der Waals surface area contributed by atoms with Crippen LogP contribution in [0, 0.1) is 0 Å². The van der Waals surface area contributed by atoms with Crippen LogP contribution in [0.4, 0.5) is 0 Å². The summed E-state index contributed by atoms with van der Waals surface area (Å²) in [7, 11) is 0. The molecule has 4 heterocycles. The lowest BCUT2D eigenvalue weighted by atomic mass is 9.82. The molecule has 4 aliphatic rings. The molecule has 0 radical (unpaired) electrons. The number of hydrogen-bond acceptors (Lipinski definition) is 6. The topological polar surface area (TPSA) is 46.2 Å². The summed E-state index contributed by atoms with van der Waals surface area (Å²) >= 11 is 0. The Labute approximate surface area is 186 Å². The fourth-order valence-corrected chi connectivity index (χ4v) is 5.13. The smallest absolute Gasteiger partial charge is 0.231 e. The fourth-order valence-electron chi connectivity index (χ4n) is 5.13. The van der Waals surface area contributed by atoms with Crippen LogP contribution in [0.3, 0.4) is 0 Å². The number of piperazine rings is 1. The third-order valence-corrected chi connectivity index (χ3v) is 6.75. The van der Waals surface area contributed by atoms with Crippen molar-refractivity contribution in [2.75, 3.05) is 52.7 Å². The van der Waals surface area contributed by atoms with Crippen LogP contribution in [-0.4, -0.2) is 74.1 Å². The van der Waals surface area contributed by atoms with E-state index in [0.29, 0.717) is 12.8 Å². The minimum Gasteiger partial charge on any atom is -0.454 e. The summed E-state index contributed by atoms with van der Waals surface area (Å²) in [5, 5.41) is 3.48. The van der Waals surface area contributed by atoms with Gasteiger partial charge in [0.25, 0.3) is 0 Å². The normalized spacial score (nSPS) is 26.6. The summed E-state index contributed by atoms with van der Waals surface area (Å²) in [5.41, 5.74) is 1.46. The maximum absolute atomic E-state index is 6.27. The molecule has 1 N–H and O–H groups in total. The van der Waals surface area contributed by atoms with E-state index in [1.54, 1.807) is 0 Å². The lowest BCUT2D eigenvalue weighted by Crippen LogP contribution is -2.56. The summed E-state index contributed by atoms with van der Waals surface area (Å²) in [4.78, 5) is 5.29. The molecule has 3 fully saturated rings. The summed E-state index contributed by atoms with van der Waals surface area (Å²) in [6.07, 6.45) is 4.76. The number of piperidine rings is 1. The molecule has 0 bridgehead atoms. The Hall–Kier alpha value is -0.760. The van der Waals surface area contributed by atoms with Crippen molar-refractivity contribution < 1.29 is 14.2 Å². The summed E-state index contributed by atoms with van der Waals surface area (Å²) < 4.78 is 17.2. The monoisotopic (exact) mass is 445 g/mol. The number of fused-ring (bicyclic) bond motifs is 1. The van der Waals surface area contributed by atoms with Crippen LogP contribution in [0.25, 0.3) is 0 Å². The predicted molar refractivity (Wildman–Crippen MR) is 118 cm³/mol. The van der Waals surface area contributed by atoms with E-state index in [-0.39, 0.29) is 30.4 Å². The van der Waals surface area contributed by atoms with Crippen LogP contribution in [-0.2, 0) is 11.3 Å². The van der Waals surface area contributed by atoms with Crippen LogP contribution >= 0.6 is 24.8 Å². The Bertz CT molecular complexity index is 659. The van der Waals surface area contributed by atoms with Crippen LogP contribution < -0.4 is 14.8 Å². The Morgan fingerprint density at radius 3 is 2.55 bits per heavy atom. The average molecular weight is 446 g/mol. The number of hydrogen-bond donors (Lipinski definition) is 1. The van der Waals surface area contributed by atoms with Crippen molar-refractivity contribution in [2.24, 2.45) is 0 Å². The molecule has 5 rings (SSSR count). The molecule has 0 aliphatic carbocycles. The Kier molecular flexibility index (Phi) is 7.93. The number of ether oxygens (including phenoxy) is 3. The first kappa shape index (κ1) is 22.9.